The highest BCUT2D eigenvalue weighted by atomic mass is 16.3. The van der Waals surface area contributed by atoms with Crippen molar-refractivity contribution in [2.24, 2.45) is 7.05 Å². The molecule has 0 amide bonds. The van der Waals surface area contributed by atoms with Crippen LogP contribution in [0.2, 0.25) is 0 Å². The monoisotopic (exact) mass is 251 g/mol. The number of aromatic nitrogens is 1. The van der Waals surface area contributed by atoms with Gasteiger partial charge in [0, 0.05) is 12.6 Å². The summed E-state index contributed by atoms with van der Waals surface area (Å²) >= 11 is 0. The van der Waals surface area contributed by atoms with Crippen LogP contribution in [0.5, 0.6) is 0 Å². The topological polar surface area (TPSA) is 25.2 Å². The molecule has 3 aromatic rings. The molecule has 0 fully saturated rings. The van der Waals surface area contributed by atoms with Crippen molar-refractivity contribution >= 4 is 10.9 Å². The predicted molar refractivity (Wildman–Crippen MR) is 78.0 cm³/mol. The summed E-state index contributed by atoms with van der Waals surface area (Å²) in [5, 5.41) is 12.1. The third-order valence-electron chi connectivity index (χ3n) is 3.79. The molecule has 0 saturated heterocycles. The first-order chi connectivity index (χ1) is 9.10. The van der Waals surface area contributed by atoms with Crippen molar-refractivity contribution in [3.63, 3.8) is 0 Å². The minimum absolute atomic E-state index is 0.903. The van der Waals surface area contributed by atoms with E-state index in [1.807, 2.05) is 56.4 Å². The van der Waals surface area contributed by atoms with Crippen LogP contribution in [-0.4, -0.2) is 9.67 Å². The summed E-state index contributed by atoms with van der Waals surface area (Å²) in [5.74, 6) is 0. The minimum Gasteiger partial charge on any atom is -0.379 e. The molecular formula is C17H17NO. The third kappa shape index (κ3) is 1.85. The molecule has 2 aromatic carbocycles. The Morgan fingerprint density at radius 1 is 0.947 bits per heavy atom. The lowest BCUT2D eigenvalue weighted by Gasteiger charge is -2.25. The van der Waals surface area contributed by atoms with E-state index >= 15 is 0 Å². The smallest absolute Gasteiger partial charge is 0.127 e. The van der Waals surface area contributed by atoms with Crippen LogP contribution in [0.1, 0.15) is 18.2 Å². The lowest BCUT2D eigenvalue weighted by Crippen LogP contribution is -2.25. The lowest BCUT2D eigenvalue weighted by molar-refractivity contribution is 0.0946. The molecular weight excluding hydrogens is 234 g/mol. The largest absolute Gasteiger partial charge is 0.379 e. The Morgan fingerprint density at radius 3 is 2.26 bits per heavy atom. The van der Waals surface area contributed by atoms with Crippen molar-refractivity contribution in [3.8, 4) is 0 Å². The summed E-state index contributed by atoms with van der Waals surface area (Å²) in [5.41, 5.74) is 1.95. The number of fused-ring (bicyclic) bond motifs is 1. The first-order valence-corrected chi connectivity index (χ1v) is 6.43. The quantitative estimate of drug-likeness (QED) is 0.741. The molecule has 0 aliphatic heterocycles. The number of nitrogens with zero attached hydrogens (tertiary/aromatic N) is 1. The summed E-state index contributed by atoms with van der Waals surface area (Å²) in [6.45, 7) is 1.84. The number of aryl methyl sites for hydroxylation is 1. The lowest BCUT2D eigenvalue weighted by atomic mass is 9.92. The normalized spacial score (nSPS) is 14.5. The molecule has 0 spiro atoms. The van der Waals surface area contributed by atoms with E-state index in [2.05, 4.69) is 22.8 Å². The van der Waals surface area contributed by atoms with E-state index < -0.39 is 5.60 Å². The molecule has 1 heterocycles. The molecule has 2 heteroatoms. The van der Waals surface area contributed by atoms with Crippen LogP contribution >= 0.6 is 0 Å². The zero-order valence-corrected chi connectivity index (χ0v) is 11.2. The van der Waals surface area contributed by atoms with E-state index in [9.17, 15) is 5.11 Å². The maximum Gasteiger partial charge on any atom is 0.127 e. The van der Waals surface area contributed by atoms with Crippen molar-refractivity contribution in [3.05, 3.63) is 71.9 Å². The number of hydrogen-bond donors (Lipinski definition) is 1. The zero-order chi connectivity index (χ0) is 13.5. The number of benzene rings is 2. The van der Waals surface area contributed by atoms with Gasteiger partial charge in [-0.15, -0.1) is 0 Å². The van der Waals surface area contributed by atoms with Crippen LogP contribution in [0.25, 0.3) is 10.9 Å². The van der Waals surface area contributed by atoms with Crippen molar-refractivity contribution in [1.82, 2.24) is 4.57 Å². The van der Waals surface area contributed by atoms with Gasteiger partial charge in [0.25, 0.3) is 0 Å². The Kier molecular flexibility index (Phi) is 2.68. The van der Waals surface area contributed by atoms with E-state index in [-0.39, 0.29) is 0 Å². The molecule has 1 N–H and O–H groups in total. The average molecular weight is 251 g/mol. The van der Waals surface area contributed by atoms with Gasteiger partial charge in [0.1, 0.15) is 5.60 Å². The molecule has 0 aliphatic carbocycles. The fourth-order valence-corrected chi connectivity index (χ4v) is 2.67. The molecule has 1 atom stereocenters. The SMILES string of the molecule is Cn1c(C(C)(O)c2ccccc2)cc2ccccc21. The summed E-state index contributed by atoms with van der Waals surface area (Å²) in [6.07, 6.45) is 0. The molecule has 0 saturated carbocycles. The van der Waals surface area contributed by atoms with Crippen LogP contribution in [0, 0.1) is 0 Å². The average Bonchev–Trinajstić information content (AvgIpc) is 2.78. The van der Waals surface area contributed by atoms with Gasteiger partial charge in [-0.1, -0.05) is 48.5 Å². The molecule has 2 nitrogen and oxygen atoms in total. The zero-order valence-electron chi connectivity index (χ0n) is 11.2. The fraction of sp³-hybridized carbons (Fsp3) is 0.176. The van der Waals surface area contributed by atoms with Crippen LogP contribution in [0.4, 0.5) is 0 Å². The van der Waals surface area contributed by atoms with E-state index in [0.717, 1.165) is 22.2 Å². The second kappa shape index (κ2) is 4.25. The Balaban J connectivity index is 2.21. The second-order valence-electron chi connectivity index (χ2n) is 5.09. The highest BCUT2D eigenvalue weighted by Crippen LogP contribution is 2.32. The van der Waals surface area contributed by atoms with Gasteiger partial charge in [-0.05, 0) is 30.0 Å². The van der Waals surface area contributed by atoms with Gasteiger partial charge in [0.05, 0.1) is 5.69 Å². The van der Waals surface area contributed by atoms with Crippen LogP contribution in [0.3, 0.4) is 0 Å². The number of hydrogen-bond acceptors (Lipinski definition) is 1. The predicted octanol–water partition coefficient (Wildman–Crippen LogP) is 3.43. The summed E-state index contributed by atoms with van der Waals surface area (Å²) in [7, 11) is 2.00. The van der Waals surface area contributed by atoms with Gasteiger partial charge in [-0.2, -0.15) is 0 Å². The molecule has 1 aromatic heterocycles. The van der Waals surface area contributed by atoms with E-state index in [4.69, 9.17) is 0 Å². The molecule has 0 bridgehead atoms. The summed E-state index contributed by atoms with van der Waals surface area (Å²) in [4.78, 5) is 0. The van der Waals surface area contributed by atoms with Gasteiger partial charge < -0.3 is 9.67 Å². The summed E-state index contributed by atoms with van der Waals surface area (Å²) < 4.78 is 2.06. The van der Waals surface area contributed by atoms with Gasteiger partial charge in [0.15, 0.2) is 0 Å². The van der Waals surface area contributed by atoms with Crippen LogP contribution in [0.15, 0.2) is 60.7 Å². The van der Waals surface area contributed by atoms with E-state index in [1.54, 1.807) is 0 Å². The third-order valence-corrected chi connectivity index (χ3v) is 3.79. The first kappa shape index (κ1) is 12.0. The second-order valence-corrected chi connectivity index (χ2v) is 5.09. The van der Waals surface area contributed by atoms with Crippen LogP contribution in [-0.2, 0) is 12.6 Å². The Morgan fingerprint density at radius 2 is 1.58 bits per heavy atom. The standard InChI is InChI=1S/C17H17NO/c1-17(19,14-9-4-3-5-10-14)16-12-13-8-6-7-11-15(13)18(16)2/h3-12,19H,1-2H3. The maximum atomic E-state index is 10.9. The van der Waals surface area contributed by atoms with Gasteiger partial charge in [-0.25, -0.2) is 0 Å². The molecule has 19 heavy (non-hydrogen) atoms. The van der Waals surface area contributed by atoms with Gasteiger partial charge in [0.2, 0.25) is 0 Å². The molecule has 0 radical (unpaired) electrons. The molecule has 3 rings (SSSR count). The van der Waals surface area contributed by atoms with E-state index in [1.165, 1.54) is 0 Å². The van der Waals surface area contributed by atoms with E-state index in [0.29, 0.717) is 0 Å². The van der Waals surface area contributed by atoms with Gasteiger partial charge in [-0.3, -0.25) is 0 Å². The molecule has 1 unspecified atom stereocenters. The van der Waals surface area contributed by atoms with Crippen molar-refractivity contribution < 1.29 is 5.11 Å². The Hall–Kier alpha value is -2.06. The fourth-order valence-electron chi connectivity index (χ4n) is 2.67. The highest BCUT2D eigenvalue weighted by Gasteiger charge is 2.28. The highest BCUT2D eigenvalue weighted by molar-refractivity contribution is 5.81. The Labute approximate surface area is 112 Å². The number of aliphatic hydroxyl groups is 1. The first-order valence-electron chi connectivity index (χ1n) is 6.43. The maximum absolute atomic E-state index is 10.9. The minimum atomic E-state index is -0.991. The van der Waals surface area contributed by atoms with Gasteiger partial charge >= 0.3 is 0 Å². The summed E-state index contributed by atoms with van der Waals surface area (Å²) in [6, 6.07) is 20.0. The number of para-hydroxylation sites is 1. The number of rotatable bonds is 2. The van der Waals surface area contributed by atoms with Crippen LogP contribution < -0.4 is 0 Å². The molecule has 96 valence electrons. The van der Waals surface area contributed by atoms with Crippen molar-refractivity contribution in [2.75, 3.05) is 0 Å². The van der Waals surface area contributed by atoms with Crippen molar-refractivity contribution in [2.45, 2.75) is 12.5 Å². The Bertz CT molecular complexity index is 710. The molecule has 0 aliphatic rings. The van der Waals surface area contributed by atoms with Crippen molar-refractivity contribution in [1.29, 1.82) is 0 Å².